The SMILES string of the molecule is NC(=O)CCC(CC1CO1)(CC1CO1)C(CCO)(CCO)C(N)=O. The normalized spacial score (nSPS) is 25.1. The molecule has 0 aliphatic carbocycles. The van der Waals surface area contributed by atoms with E-state index in [9.17, 15) is 19.8 Å². The molecular weight excluding hydrogens is 316 g/mol. The Hall–Kier alpha value is -1.22. The van der Waals surface area contributed by atoms with E-state index in [1.165, 1.54) is 0 Å². The van der Waals surface area contributed by atoms with E-state index in [0.717, 1.165) is 0 Å². The topological polar surface area (TPSA) is 152 Å². The van der Waals surface area contributed by atoms with Gasteiger partial charge in [0.1, 0.15) is 0 Å². The van der Waals surface area contributed by atoms with Crippen molar-refractivity contribution in [1.29, 1.82) is 0 Å². The molecule has 0 saturated carbocycles. The molecule has 2 heterocycles. The zero-order valence-electron chi connectivity index (χ0n) is 13.9. The van der Waals surface area contributed by atoms with Crippen molar-refractivity contribution in [2.45, 2.75) is 50.7 Å². The lowest BCUT2D eigenvalue weighted by Crippen LogP contribution is -2.54. The lowest BCUT2D eigenvalue weighted by atomic mass is 9.54. The minimum atomic E-state index is -1.14. The maximum atomic E-state index is 12.5. The molecule has 2 fully saturated rings. The third kappa shape index (κ3) is 4.24. The highest BCUT2D eigenvalue weighted by atomic mass is 16.6. The molecule has 138 valence electrons. The standard InChI is InChI=1S/C16H28N2O6/c17-13(21)1-2-15(7-11-9-23-11,8-12-10-24-12)16(3-5-19,4-6-20)14(18)22/h11-12,19-20H,1-10H2,(H2,17,21)(H2,18,22). The summed E-state index contributed by atoms with van der Waals surface area (Å²) in [5.74, 6) is -1.03. The molecule has 0 aromatic rings. The lowest BCUT2D eigenvalue weighted by molar-refractivity contribution is -0.144. The number of amides is 2. The first-order valence-electron chi connectivity index (χ1n) is 8.42. The molecule has 8 heteroatoms. The average Bonchev–Trinajstić information content (AvgIpc) is 3.41. The van der Waals surface area contributed by atoms with Gasteiger partial charge in [-0.1, -0.05) is 0 Å². The molecule has 0 bridgehead atoms. The van der Waals surface area contributed by atoms with Crippen molar-refractivity contribution in [3.63, 3.8) is 0 Å². The molecule has 24 heavy (non-hydrogen) atoms. The number of hydrogen-bond acceptors (Lipinski definition) is 6. The van der Waals surface area contributed by atoms with E-state index in [-0.39, 0.29) is 44.7 Å². The maximum Gasteiger partial charge on any atom is 0.224 e. The first kappa shape index (κ1) is 19.1. The van der Waals surface area contributed by atoms with Crippen molar-refractivity contribution in [3.8, 4) is 0 Å². The zero-order valence-corrected chi connectivity index (χ0v) is 13.9. The van der Waals surface area contributed by atoms with Crippen LogP contribution in [0.1, 0.15) is 38.5 Å². The van der Waals surface area contributed by atoms with Crippen LogP contribution in [0.15, 0.2) is 0 Å². The van der Waals surface area contributed by atoms with Gasteiger partial charge in [-0.3, -0.25) is 9.59 Å². The van der Waals surface area contributed by atoms with Crippen LogP contribution in [0.2, 0.25) is 0 Å². The summed E-state index contributed by atoms with van der Waals surface area (Å²) in [4.78, 5) is 23.9. The fraction of sp³-hybridized carbons (Fsp3) is 0.875. The first-order chi connectivity index (χ1) is 11.4. The first-order valence-corrected chi connectivity index (χ1v) is 8.42. The Balaban J connectivity index is 2.42. The van der Waals surface area contributed by atoms with Gasteiger partial charge < -0.3 is 31.2 Å². The predicted octanol–water partition coefficient (Wildman–Crippen LogP) is -0.947. The Morgan fingerprint density at radius 2 is 1.42 bits per heavy atom. The molecule has 2 aliphatic rings. The van der Waals surface area contributed by atoms with E-state index < -0.39 is 22.6 Å². The smallest absolute Gasteiger partial charge is 0.224 e. The van der Waals surface area contributed by atoms with Gasteiger partial charge in [-0.25, -0.2) is 0 Å². The maximum absolute atomic E-state index is 12.5. The van der Waals surface area contributed by atoms with E-state index in [0.29, 0.717) is 32.5 Å². The summed E-state index contributed by atoms with van der Waals surface area (Å²) < 4.78 is 10.7. The summed E-state index contributed by atoms with van der Waals surface area (Å²) >= 11 is 0. The van der Waals surface area contributed by atoms with Crippen LogP contribution in [-0.2, 0) is 19.1 Å². The molecular formula is C16H28N2O6. The van der Waals surface area contributed by atoms with Crippen LogP contribution in [0.25, 0.3) is 0 Å². The largest absolute Gasteiger partial charge is 0.396 e. The molecule has 2 amide bonds. The Morgan fingerprint density at radius 3 is 1.71 bits per heavy atom. The fourth-order valence-electron chi connectivity index (χ4n) is 4.07. The minimum absolute atomic E-state index is 0.00672. The summed E-state index contributed by atoms with van der Waals surface area (Å²) in [6, 6.07) is 0. The lowest BCUT2D eigenvalue weighted by Gasteiger charge is -2.49. The van der Waals surface area contributed by atoms with Gasteiger partial charge in [-0.05, 0) is 37.5 Å². The van der Waals surface area contributed by atoms with E-state index in [1.54, 1.807) is 0 Å². The fourth-order valence-corrected chi connectivity index (χ4v) is 4.07. The van der Waals surface area contributed by atoms with Gasteiger partial charge in [0.15, 0.2) is 0 Å². The van der Waals surface area contributed by atoms with Gasteiger partial charge >= 0.3 is 0 Å². The number of hydrogen-bond donors (Lipinski definition) is 4. The Kier molecular flexibility index (Phi) is 6.19. The number of carbonyl (C=O) groups excluding carboxylic acids is 2. The van der Waals surface area contributed by atoms with Crippen LogP contribution in [0.4, 0.5) is 0 Å². The van der Waals surface area contributed by atoms with Crippen molar-refractivity contribution in [2.75, 3.05) is 26.4 Å². The second-order valence-corrected chi connectivity index (χ2v) is 6.96. The number of rotatable bonds is 13. The highest BCUT2D eigenvalue weighted by molar-refractivity contribution is 5.82. The van der Waals surface area contributed by atoms with Crippen molar-refractivity contribution in [2.24, 2.45) is 22.3 Å². The Labute approximate surface area is 141 Å². The summed E-state index contributed by atoms with van der Waals surface area (Å²) in [5, 5.41) is 19.1. The third-order valence-electron chi connectivity index (χ3n) is 5.46. The minimum Gasteiger partial charge on any atom is -0.396 e. The van der Waals surface area contributed by atoms with Crippen molar-refractivity contribution in [3.05, 3.63) is 0 Å². The Morgan fingerprint density at radius 1 is 0.958 bits per heavy atom. The molecule has 2 saturated heterocycles. The molecule has 0 aromatic carbocycles. The quantitative estimate of drug-likeness (QED) is 0.316. The number of aliphatic hydroxyl groups is 2. The molecule has 2 aliphatic heterocycles. The second-order valence-electron chi connectivity index (χ2n) is 6.96. The van der Waals surface area contributed by atoms with Crippen LogP contribution < -0.4 is 11.5 Å². The summed E-state index contributed by atoms with van der Waals surface area (Å²) in [6.45, 7) is 0.713. The third-order valence-corrected chi connectivity index (χ3v) is 5.46. The second kappa shape index (κ2) is 7.77. The van der Waals surface area contributed by atoms with Gasteiger partial charge in [0, 0.05) is 19.6 Å². The van der Waals surface area contributed by atoms with Crippen molar-refractivity contribution >= 4 is 11.8 Å². The van der Waals surface area contributed by atoms with Crippen LogP contribution in [-0.4, -0.2) is 60.7 Å². The van der Waals surface area contributed by atoms with Crippen LogP contribution in [0.5, 0.6) is 0 Å². The number of primary amides is 2. The number of ether oxygens (including phenoxy) is 2. The summed E-state index contributed by atoms with van der Waals surface area (Å²) in [7, 11) is 0. The van der Waals surface area contributed by atoms with Crippen LogP contribution in [0.3, 0.4) is 0 Å². The number of epoxide rings is 2. The Bertz CT molecular complexity index is 441. The highest BCUT2D eigenvalue weighted by Crippen LogP contribution is 2.56. The van der Waals surface area contributed by atoms with E-state index in [4.69, 9.17) is 20.9 Å². The molecule has 0 spiro atoms. The van der Waals surface area contributed by atoms with Gasteiger partial charge in [0.05, 0.1) is 30.8 Å². The van der Waals surface area contributed by atoms with Crippen molar-refractivity contribution < 1.29 is 29.3 Å². The van der Waals surface area contributed by atoms with Gasteiger partial charge in [0.25, 0.3) is 0 Å². The molecule has 2 atom stereocenters. The van der Waals surface area contributed by atoms with Gasteiger partial charge in [-0.2, -0.15) is 0 Å². The zero-order chi connectivity index (χ0) is 17.8. The van der Waals surface area contributed by atoms with E-state index >= 15 is 0 Å². The summed E-state index contributed by atoms with van der Waals surface area (Å²) in [5.41, 5.74) is 9.27. The predicted molar refractivity (Wildman–Crippen MR) is 84.6 cm³/mol. The van der Waals surface area contributed by atoms with Crippen LogP contribution in [0, 0.1) is 10.8 Å². The summed E-state index contributed by atoms with van der Waals surface area (Å²) in [6.07, 6.45) is 1.76. The van der Waals surface area contributed by atoms with Crippen molar-refractivity contribution in [1.82, 2.24) is 0 Å². The number of carbonyl (C=O) groups is 2. The average molecular weight is 344 g/mol. The van der Waals surface area contributed by atoms with Gasteiger partial charge in [-0.15, -0.1) is 0 Å². The molecule has 0 aromatic heterocycles. The van der Waals surface area contributed by atoms with Crippen LogP contribution >= 0.6 is 0 Å². The van der Waals surface area contributed by atoms with E-state index in [2.05, 4.69) is 0 Å². The highest BCUT2D eigenvalue weighted by Gasteiger charge is 2.57. The molecule has 0 radical (unpaired) electrons. The monoisotopic (exact) mass is 344 g/mol. The molecule has 2 unspecified atom stereocenters. The molecule has 8 nitrogen and oxygen atoms in total. The van der Waals surface area contributed by atoms with E-state index in [1.807, 2.05) is 0 Å². The molecule has 6 N–H and O–H groups in total. The number of nitrogens with two attached hydrogens (primary N) is 2. The van der Waals surface area contributed by atoms with Gasteiger partial charge in [0.2, 0.25) is 11.8 Å². The molecule has 2 rings (SSSR count). The number of aliphatic hydroxyl groups excluding tert-OH is 2.